The molecule has 8 heteroatoms. The highest BCUT2D eigenvalue weighted by Crippen LogP contribution is 2.13. The summed E-state index contributed by atoms with van der Waals surface area (Å²) in [6, 6.07) is 11.1. The number of nitrogens with one attached hydrogen (secondary N) is 2. The van der Waals surface area contributed by atoms with Crippen LogP contribution in [0.4, 0.5) is 4.39 Å². The molecule has 0 fully saturated rings. The van der Waals surface area contributed by atoms with E-state index in [9.17, 15) is 18.8 Å². The third-order valence-corrected chi connectivity index (χ3v) is 4.53. The van der Waals surface area contributed by atoms with Gasteiger partial charge in [0.15, 0.2) is 0 Å². The fourth-order valence-corrected chi connectivity index (χ4v) is 3.15. The van der Waals surface area contributed by atoms with Gasteiger partial charge in [-0.05, 0) is 35.4 Å². The van der Waals surface area contributed by atoms with Crippen LogP contribution in [0.2, 0.25) is 0 Å². The summed E-state index contributed by atoms with van der Waals surface area (Å²) in [4.78, 5) is 36.0. The van der Waals surface area contributed by atoms with Gasteiger partial charge >= 0.3 is 0 Å². The second-order valence-corrected chi connectivity index (χ2v) is 7.30. The summed E-state index contributed by atoms with van der Waals surface area (Å²) in [7, 11) is 0. The van der Waals surface area contributed by atoms with Gasteiger partial charge < -0.3 is 16.4 Å². The zero-order valence-corrected chi connectivity index (χ0v) is 16.8. The smallest absolute Gasteiger partial charge is 0.243 e. The molecular weight excluding hydrogens is 429 g/mol. The molecule has 0 radical (unpaired) electrons. The molecule has 0 bridgehead atoms. The van der Waals surface area contributed by atoms with Gasteiger partial charge in [0.25, 0.3) is 0 Å². The van der Waals surface area contributed by atoms with E-state index in [-0.39, 0.29) is 12.8 Å². The number of amides is 3. The van der Waals surface area contributed by atoms with Crippen molar-refractivity contribution in [1.82, 2.24) is 10.6 Å². The summed E-state index contributed by atoms with van der Waals surface area (Å²) in [6.45, 7) is 1.29. The van der Waals surface area contributed by atoms with Crippen molar-refractivity contribution in [3.8, 4) is 0 Å². The molecule has 2 aromatic rings. The number of hydrogen-bond donors (Lipinski definition) is 3. The van der Waals surface area contributed by atoms with Crippen molar-refractivity contribution < 1.29 is 18.8 Å². The van der Waals surface area contributed by atoms with Gasteiger partial charge in [-0.15, -0.1) is 0 Å². The third kappa shape index (κ3) is 6.77. The van der Waals surface area contributed by atoms with Crippen LogP contribution in [-0.2, 0) is 27.2 Å². The summed E-state index contributed by atoms with van der Waals surface area (Å²) in [5.74, 6) is -2.02. The molecule has 0 aliphatic carbocycles. The molecule has 0 heterocycles. The average molecular weight is 450 g/mol. The minimum Gasteiger partial charge on any atom is -0.368 e. The molecule has 2 aromatic carbocycles. The Labute approximate surface area is 170 Å². The second kappa shape index (κ2) is 9.98. The molecule has 148 valence electrons. The Kier molecular flexibility index (Phi) is 7.69. The van der Waals surface area contributed by atoms with E-state index in [1.54, 1.807) is 0 Å². The second-order valence-electron chi connectivity index (χ2n) is 6.38. The molecule has 0 spiro atoms. The first-order valence-corrected chi connectivity index (χ1v) is 9.39. The zero-order valence-electron chi connectivity index (χ0n) is 15.2. The van der Waals surface area contributed by atoms with E-state index in [1.807, 2.05) is 24.3 Å². The number of rotatable bonds is 8. The van der Waals surface area contributed by atoms with Crippen LogP contribution >= 0.6 is 15.9 Å². The molecule has 28 heavy (non-hydrogen) atoms. The van der Waals surface area contributed by atoms with E-state index in [2.05, 4.69) is 26.6 Å². The lowest BCUT2D eigenvalue weighted by Crippen LogP contribution is -2.54. The standard InChI is InChI=1S/C20H21BrFN3O3/c1-12(26)24-18(10-13-5-7-16(22)8-6-13)20(28)25-17(19(23)27)11-14-3-2-4-15(21)9-14/h2-9,17-18H,10-11H2,1H3,(H2,23,27)(H,24,26)(H,25,28)/t17-,18-/m0/s1. The van der Waals surface area contributed by atoms with Gasteiger partial charge in [0.1, 0.15) is 17.9 Å². The van der Waals surface area contributed by atoms with Crippen molar-refractivity contribution in [1.29, 1.82) is 0 Å². The number of nitrogens with two attached hydrogens (primary N) is 1. The SMILES string of the molecule is CC(=O)N[C@@H](Cc1ccc(F)cc1)C(=O)N[C@@H](Cc1cccc(Br)c1)C(N)=O. The van der Waals surface area contributed by atoms with Crippen LogP contribution in [0.1, 0.15) is 18.1 Å². The average Bonchev–Trinajstić information content (AvgIpc) is 2.62. The monoisotopic (exact) mass is 449 g/mol. The summed E-state index contributed by atoms with van der Waals surface area (Å²) < 4.78 is 13.9. The molecule has 0 saturated heterocycles. The molecule has 6 nitrogen and oxygen atoms in total. The summed E-state index contributed by atoms with van der Waals surface area (Å²) in [5, 5.41) is 5.16. The molecule has 0 saturated carbocycles. The zero-order chi connectivity index (χ0) is 20.7. The molecule has 3 amide bonds. The lowest BCUT2D eigenvalue weighted by atomic mass is 10.0. The van der Waals surface area contributed by atoms with Crippen LogP contribution in [0.5, 0.6) is 0 Å². The summed E-state index contributed by atoms with van der Waals surface area (Å²) >= 11 is 3.35. The Bertz CT molecular complexity index is 858. The van der Waals surface area contributed by atoms with E-state index in [1.165, 1.54) is 31.2 Å². The number of primary amides is 1. The summed E-state index contributed by atoms with van der Waals surface area (Å²) in [5.41, 5.74) is 6.92. The van der Waals surface area contributed by atoms with Crippen LogP contribution in [0.15, 0.2) is 53.0 Å². The normalized spacial score (nSPS) is 12.7. The molecule has 0 unspecified atom stereocenters. The maximum absolute atomic E-state index is 13.1. The Morgan fingerprint density at radius 3 is 2.21 bits per heavy atom. The number of halogens is 2. The fourth-order valence-electron chi connectivity index (χ4n) is 2.71. The maximum atomic E-state index is 13.1. The number of hydrogen-bond acceptors (Lipinski definition) is 3. The van der Waals surface area contributed by atoms with Crippen molar-refractivity contribution in [2.24, 2.45) is 5.73 Å². The van der Waals surface area contributed by atoms with Gasteiger partial charge in [-0.2, -0.15) is 0 Å². The lowest BCUT2D eigenvalue weighted by molar-refractivity contribution is -0.130. The molecule has 4 N–H and O–H groups in total. The number of carbonyl (C=O) groups excluding carboxylic acids is 3. The quantitative estimate of drug-likeness (QED) is 0.572. The molecule has 2 rings (SSSR count). The Hall–Kier alpha value is -2.74. The molecule has 0 aliphatic heterocycles. The minimum atomic E-state index is -0.939. The van der Waals surface area contributed by atoms with Gasteiger partial charge in [-0.1, -0.05) is 40.2 Å². The highest BCUT2D eigenvalue weighted by molar-refractivity contribution is 9.10. The summed E-state index contributed by atoms with van der Waals surface area (Å²) in [6.07, 6.45) is 0.359. The van der Waals surface area contributed by atoms with Crippen molar-refractivity contribution in [3.63, 3.8) is 0 Å². The maximum Gasteiger partial charge on any atom is 0.243 e. The minimum absolute atomic E-state index is 0.147. The predicted molar refractivity (Wildman–Crippen MR) is 107 cm³/mol. The van der Waals surface area contributed by atoms with Gasteiger partial charge in [-0.3, -0.25) is 14.4 Å². The van der Waals surface area contributed by atoms with Crippen molar-refractivity contribution in [2.45, 2.75) is 31.8 Å². The topological polar surface area (TPSA) is 101 Å². The first-order valence-electron chi connectivity index (χ1n) is 8.60. The highest BCUT2D eigenvalue weighted by atomic mass is 79.9. The third-order valence-electron chi connectivity index (χ3n) is 4.04. The van der Waals surface area contributed by atoms with E-state index >= 15 is 0 Å². The highest BCUT2D eigenvalue weighted by Gasteiger charge is 2.25. The fraction of sp³-hybridized carbons (Fsp3) is 0.250. The van der Waals surface area contributed by atoms with Gasteiger partial charge in [0, 0.05) is 24.2 Å². The van der Waals surface area contributed by atoms with E-state index < -0.39 is 35.6 Å². The van der Waals surface area contributed by atoms with E-state index in [0.717, 1.165) is 10.0 Å². The van der Waals surface area contributed by atoms with Crippen molar-refractivity contribution in [3.05, 3.63) is 69.9 Å². The van der Waals surface area contributed by atoms with Crippen LogP contribution in [0.3, 0.4) is 0 Å². The van der Waals surface area contributed by atoms with Crippen LogP contribution < -0.4 is 16.4 Å². The van der Waals surface area contributed by atoms with Gasteiger partial charge in [0.2, 0.25) is 17.7 Å². The van der Waals surface area contributed by atoms with Crippen molar-refractivity contribution in [2.75, 3.05) is 0 Å². The van der Waals surface area contributed by atoms with Gasteiger partial charge in [-0.25, -0.2) is 4.39 Å². The van der Waals surface area contributed by atoms with E-state index in [4.69, 9.17) is 5.73 Å². The van der Waals surface area contributed by atoms with Crippen molar-refractivity contribution >= 4 is 33.7 Å². The van der Waals surface area contributed by atoms with E-state index in [0.29, 0.717) is 5.56 Å². The van der Waals surface area contributed by atoms with Crippen LogP contribution in [-0.4, -0.2) is 29.8 Å². The number of carbonyl (C=O) groups is 3. The van der Waals surface area contributed by atoms with Crippen LogP contribution in [0, 0.1) is 5.82 Å². The lowest BCUT2D eigenvalue weighted by Gasteiger charge is -2.22. The Morgan fingerprint density at radius 2 is 1.64 bits per heavy atom. The Balaban J connectivity index is 2.12. The van der Waals surface area contributed by atoms with Gasteiger partial charge in [0.05, 0.1) is 0 Å². The molecule has 2 atom stereocenters. The predicted octanol–water partition coefficient (Wildman–Crippen LogP) is 1.85. The molecule has 0 aliphatic rings. The van der Waals surface area contributed by atoms with Crippen LogP contribution in [0.25, 0.3) is 0 Å². The Morgan fingerprint density at radius 1 is 1.00 bits per heavy atom. The largest absolute Gasteiger partial charge is 0.368 e. The molecular formula is C20H21BrFN3O3. The number of benzene rings is 2. The first kappa shape index (κ1) is 21.6. The molecule has 0 aromatic heterocycles. The first-order chi connectivity index (χ1) is 13.2.